The van der Waals surface area contributed by atoms with Gasteiger partial charge in [0, 0.05) is 17.5 Å². The Morgan fingerprint density at radius 3 is 2.09 bits per heavy atom. The summed E-state index contributed by atoms with van der Waals surface area (Å²) >= 11 is 1.56. The zero-order chi connectivity index (χ0) is 23.3. The number of carbonyl (C=O) groups excluding carboxylic acids is 1. The minimum atomic E-state index is -3.69. The third-order valence-corrected chi connectivity index (χ3v) is 7.95. The van der Waals surface area contributed by atoms with Crippen LogP contribution in [0.2, 0.25) is 0 Å². The van der Waals surface area contributed by atoms with E-state index in [1.54, 1.807) is 60.3 Å². The second-order valence-electron chi connectivity index (χ2n) is 7.54. The van der Waals surface area contributed by atoms with Crippen LogP contribution in [-0.4, -0.2) is 27.6 Å². The molecule has 1 amide bonds. The van der Waals surface area contributed by atoms with E-state index < -0.39 is 10.0 Å². The van der Waals surface area contributed by atoms with Crippen molar-refractivity contribution in [2.24, 2.45) is 0 Å². The molecule has 0 saturated carbocycles. The van der Waals surface area contributed by atoms with Gasteiger partial charge in [0.1, 0.15) is 0 Å². The lowest BCUT2D eigenvalue weighted by Gasteiger charge is -2.20. The van der Waals surface area contributed by atoms with Crippen LogP contribution >= 0.6 is 11.8 Å². The van der Waals surface area contributed by atoms with Gasteiger partial charge >= 0.3 is 0 Å². The molecule has 1 atom stereocenters. The molecule has 0 aromatic heterocycles. The number of carbonyl (C=O) groups is 1. The summed E-state index contributed by atoms with van der Waals surface area (Å²) in [5, 5.41) is 3.06. The van der Waals surface area contributed by atoms with Gasteiger partial charge in [0.2, 0.25) is 0 Å². The van der Waals surface area contributed by atoms with Gasteiger partial charge < -0.3 is 5.32 Å². The van der Waals surface area contributed by atoms with Crippen LogP contribution in [0.15, 0.2) is 82.6 Å². The molecular formula is C25H28N2O3S2. The number of amides is 1. The summed E-state index contributed by atoms with van der Waals surface area (Å²) in [5.74, 6) is -0.192. The second-order valence-corrected chi connectivity index (χ2v) is 10.4. The first kappa shape index (κ1) is 23.9. The Labute approximate surface area is 194 Å². The first-order chi connectivity index (χ1) is 15.3. The average molecular weight is 469 g/mol. The lowest BCUT2D eigenvalue weighted by molar-refractivity contribution is 0.0935. The maximum absolute atomic E-state index is 13.0. The van der Waals surface area contributed by atoms with Crippen LogP contribution in [0.25, 0.3) is 0 Å². The summed E-state index contributed by atoms with van der Waals surface area (Å²) < 4.78 is 27.1. The largest absolute Gasteiger partial charge is 0.345 e. The van der Waals surface area contributed by atoms with Gasteiger partial charge in [0.25, 0.3) is 15.9 Å². The highest BCUT2D eigenvalue weighted by Crippen LogP contribution is 2.25. The Morgan fingerprint density at radius 2 is 1.56 bits per heavy atom. The van der Waals surface area contributed by atoms with Crippen LogP contribution in [0.4, 0.5) is 5.69 Å². The number of benzene rings is 3. The van der Waals surface area contributed by atoms with Crippen molar-refractivity contribution in [2.45, 2.75) is 36.1 Å². The molecule has 3 rings (SSSR count). The van der Waals surface area contributed by atoms with Crippen molar-refractivity contribution in [3.63, 3.8) is 0 Å². The number of nitrogens with one attached hydrogen (secondary N) is 1. The maximum atomic E-state index is 13.0. The van der Waals surface area contributed by atoms with Gasteiger partial charge in [-0.1, -0.05) is 36.8 Å². The molecule has 0 saturated heterocycles. The predicted octanol–water partition coefficient (Wildman–Crippen LogP) is 5.42. The predicted molar refractivity (Wildman–Crippen MR) is 132 cm³/mol. The smallest absolute Gasteiger partial charge is 0.264 e. The third kappa shape index (κ3) is 5.34. The van der Waals surface area contributed by atoms with E-state index in [2.05, 4.69) is 5.32 Å². The number of nitrogens with zero attached hydrogens (tertiary/aromatic N) is 1. The van der Waals surface area contributed by atoms with Crippen LogP contribution in [-0.2, 0) is 10.0 Å². The lowest BCUT2D eigenvalue weighted by atomic mass is 10.0. The van der Waals surface area contributed by atoms with Crippen molar-refractivity contribution < 1.29 is 13.2 Å². The number of hydrogen-bond donors (Lipinski definition) is 1. The van der Waals surface area contributed by atoms with Crippen molar-refractivity contribution in [1.29, 1.82) is 0 Å². The number of aryl methyl sites for hydroxylation is 1. The highest BCUT2D eigenvalue weighted by atomic mass is 32.2. The van der Waals surface area contributed by atoms with Gasteiger partial charge in [-0.25, -0.2) is 8.42 Å². The molecular weight excluding hydrogens is 440 g/mol. The molecule has 0 fully saturated rings. The van der Waals surface area contributed by atoms with Gasteiger partial charge in [0.05, 0.1) is 16.6 Å². The van der Waals surface area contributed by atoms with Crippen molar-refractivity contribution >= 4 is 33.4 Å². The SMILES string of the molecule is CC[C@H](NC(=O)c1ccc(N(C)S(=O)(=O)c2ccc(SC)cc2)cc1)c1ccc(C)cc1. The van der Waals surface area contributed by atoms with Crippen LogP contribution < -0.4 is 9.62 Å². The number of thioether (sulfide) groups is 1. The van der Waals surface area contributed by atoms with Crippen LogP contribution in [0, 0.1) is 6.92 Å². The van der Waals surface area contributed by atoms with Gasteiger partial charge in [-0.15, -0.1) is 11.8 Å². The van der Waals surface area contributed by atoms with Gasteiger partial charge in [0.15, 0.2) is 0 Å². The molecule has 0 aliphatic rings. The minimum absolute atomic E-state index is 0.0879. The van der Waals surface area contributed by atoms with Crippen LogP contribution in [0.3, 0.4) is 0 Å². The Kier molecular flexibility index (Phi) is 7.64. The number of rotatable bonds is 8. The molecule has 1 N–H and O–H groups in total. The fourth-order valence-corrected chi connectivity index (χ4v) is 4.93. The third-order valence-electron chi connectivity index (χ3n) is 5.40. The van der Waals surface area contributed by atoms with E-state index in [0.717, 1.165) is 16.9 Å². The maximum Gasteiger partial charge on any atom is 0.264 e. The highest BCUT2D eigenvalue weighted by Gasteiger charge is 2.22. The number of hydrogen-bond acceptors (Lipinski definition) is 4. The molecule has 0 radical (unpaired) electrons. The molecule has 7 heteroatoms. The standard InChI is InChI=1S/C25H28N2O3S2/c1-5-24(19-8-6-18(2)7-9-19)26-25(28)20-10-12-21(13-11-20)27(3)32(29,30)23-16-14-22(31-4)15-17-23/h6-17,24H,5H2,1-4H3,(H,26,28)/t24-/m0/s1. The molecule has 32 heavy (non-hydrogen) atoms. The van der Waals surface area contributed by atoms with E-state index in [0.29, 0.717) is 11.3 Å². The van der Waals surface area contributed by atoms with E-state index in [4.69, 9.17) is 0 Å². The highest BCUT2D eigenvalue weighted by molar-refractivity contribution is 7.98. The second kappa shape index (κ2) is 10.2. The summed E-state index contributed by atoms with van der Waals surface area (Å²) in [6, 6.07) is 21.4. The number of anilines is 1. The average Bonchev–Trinajstić information content (AvgIpc) is 2.82. The van der Waals surface area contributed by atoms with E-state index in [1.807, 2.05) is 44.4 Å². The summed E-state index contributed by atoms with van der Waals surface area (Å²) in [6.07, 6.45) is 2.71. The molecule has 0 heterocycles. The Morgan fingerprint density at radius 1 is 0.969 bits per heavy atom. The Bertz CT molecular complexity index is 1160. The topological polar surface area (TPSA) is 66.5 Å². The molecule has 0 unspecified atom stereocenters. The van der Waals surface area contributed by atoms with Crippen molar-refractivity contribution in [2.75, 3.05) is 17.6 Å². The Hall–Kier alpha value is -2.77. The number of sulfonamides is 1. The summed E-state index contributed by atoms with van der Waals surface area (Å²) in [6.45, 7) is 4.06. The lowest BCUT2D eigenvalue weighted by Crippen LogP contribution is -2.28. The minimum Gasteiger partial charge on any atom is -0.345 e. The molecule has 3 aromatic carbocycles. The Balaban J connectivity index is 1.74. The van der Waals surface area contributed by atoms with Crippen LogP contribution in [0.5, 0.6) is 0 Å². The molecule has 0 aliphatic carbocycles. The monoisotopic (exact) mass is 468 g/mol. The van der Waals surface area contributed by atoms with Crippen molar-refractivity contribution in [1.82, 2.24) is 5.32 Å². The van der Waals surface area contributed by atoms with E-state index in [1.165, 1.54) is 16.9 Å². The van der Waals surface area contributed by atoms with E-state index in [9.17, 15) is 13.2 Å². The molecule has 0 bridgehead atoms. The molecule has 0 spiro atoms. The fourth-order valence-electron chi connectivity index (χ4n) is 3.33. The molecule has 3 aromatic rings. The first-order valence-corrected chi connectivity index (χ1v) is 13.0. The van der Waals surface area contributed by atoms with Crippen molar-refractivity contribution in [3.05, 3.63) is 89.5 Å². The van der Waals surface area contributed by atoms with E-state index in [-0.39, 0.29) is 16.8 Å². The first-order valence-electron chi connectivity index (χ1n) is 10.4. The normalized spacial score (nSPS) is 12.2. The zero-order valence-corrected chi connectivity index (χ0v) is 20.3. The molecule has 0 aliphatic heterocycles. The fraction of sp³-hybridized carbons (Fsp3) is 0.240. The van der Waals surface area contributed by atoms with Gasteiger partial charge in [-0.05, 0) is 73.7 Å². The molecule has 5 nitrogen and oxygen atoms in total. The van der Waals surface area contributed by atoms with E-state index >= 15 is 0 Å². The summed E-state index contributed by atoms with van der Waals surface area (Å²) in [4.78, 5) is 14.0. The zero-order valence-electron chi connectivity index (χ0n) is 18.7. The molecule has 168 valence electrons. The van der Waals surface area contributed by atoms with Crippen molar-refractivity contribution in [3.8, 4) is 0 Å². The van der Waals surface area contributed by atoms with Gasteiger partial charge in [-0.2, -0.15) is 0 Å². The summed E-state index contributed by atoms with van der Waals surface area (Å²) in [5.41, 5.74) is 3.20. The van der Waals surface area contributed by atoms with Gasteiger partial charge in [-0.3, -0.25) is 9.10 Å². The quantitative estimate of drug-likeness (QED) is 0.448. The van der Waals surface area contributed by atoms with Crippen LogP contribution in [0.1, 0.15) is 40.9 Å². The summed E-state index contributed by atoms with van der Waals surface area (Å²) in [7, 11) is -2.18.